The maximum Gasteiger partial charge on any atom is 0.265 e. The second-order valence-corrected chi connectivity index (χ2v) is 8.87. The quantitative estimate of drug-likeness (QED) is 0.692. The van der Waals surface area contributed by atoms with E-state index < -0.39 is 11.5 Å². The van der Waals surface area contributed by atoms with Gasteiger partial charge in [0.1, 0.15) is 17.3 Å². The summed E-state index contributed by atoms with van der Waals surface area (Å²) in [5.41, 5.74) is 1.17. The van der Waals surface area contributed by atoms with Gasteiger partial charge in [0.2, 0.25) is 0 Å². The zero-order chi connectivity index (χ0) is 22.9. The van der Waals surface area contributed by atoms with Crippen LogP contribution in [0.25, 0.3) is 0 Å². The van der Waals surface area contributed by atoms with E-state index in [1.54, 1.807) is 29.2 Å². The molecule has 2 heterocycles. The standard InChI is InChI=1S/C24H25ClFN3O3/c1-28-14-22(32-21-12-20(31-2)18(25)11-19(21)28)23(30)29-9-7-24(15-27,8-10-29)13-16-3-5-17(26)6-4-16/h3-6,11-12,22H,7-10,13-14H2,1-2H3. The molecule has 2 aliphatic heterocycles. The van der Waals surface area contributed by atoms with Crippen LogP contribution < -0.4 is 14.4 Å². The molecule has 1 fully saturated rings. The van der Waals surface area contributed by atoms with Crippen molar-refractivity contribution in [3.05, 3.63) is 52.8 Å². The molecule has 1 unspecified atom stereocenters. The highest BCUT2D eigenvalue weighted by Gasteiger charge is 2.39. The van der Waals surface area contributed by atoms with Crippen molar-refractivity contribution < 1.29 is 18.7 Å². The number of carbonyl (C=O) groups excluding carboxylic acids is 1. The van der Waals surface area contributed by atoms with Gasteiger partial charge < -0.3 is 19.3 Å². The molecule has 1 atom stereocenters. The number of nitriles is 1. The number of ether oxygens (including phenoxy) is 2. The molecule has 0 radical (unpaired) electrons. The topological polar surface area (TPSA) is 65.8 Å². The number of hydrogen-bond donors (Lipinski definition) is 0. The number of carbonyl (C=O) groups is 1. The lowest BCUT2D eigenvalue weighted by Crippen LogP contribution is -2.52. The van der Waals surface area contributed by atoms with Gasteiger partial charge in [-0.1, -0.05) is 23.7 Å². The summed E-state index contributed by atoms with van der Waals surface area (Å²) in [5.74, 6) is 0.659. The number of likely N-dealkylation sites (tertiary alicyclic amines) is 1. The van der Waals surface area contributed by atoms with Crippen LogP contribution in [0, 0.1) is 22.6 Å². The van der Waals surface area contributed by atoms with Gasteiger partial charge in [-0.05, 0) is 43.0 Å². The van der Waals surface area contributed by atoms with E-state index in [0.717, 1.165) is 11.3 Å². The number of benzene rings is 2. The molecule has 2 aromatic carbocycles. The van der Waals surface area contributed by atoms with E-state index in [9.17, 15) is 14.4 Å². The minimum atomic E-state index is -0.648. The highest BCUT2D eigenvalue weighted by molar-refractivity contribution is 6.32. The van der Waals surface area contributed by atoms with Crippen molar-refractivity contribution in [2.24, 2.45) is 5.41 Å². The number of nitrogens with zero attached hydrogens (tertiary/aromatic N) is 3. The number of rotatable bonds is 4. The summed E-state index contributed by atoms with van der Waals surface area (Å²) in [4.78, 5) is 16.9. The molecule has 32 heavy (non-hydrogen) atoms. The maximum absolute atomic E-state index is 13.2. The van der Waals surface area contributed by atoms with Crippen molar-refractivity contribution >= 4 is 23.2 Å². The Morgan fingerprint density at radius 2 is 2.00 bits per heavy atom. The number of halogens is 2. The van der Waals surface area contributed by atoms with E-state index in [-0.39, 0.29) is 11.7 Å². The third-order valence-electron chi connectivity index (χ3n) is 6.35. The first-order valence-corrected chi connectivity index (χ1v) is 10.9. The average Bonchev–Trinajstić information content (AvgIpc) is 2.80. The van der Waals surface area contributed by atoms with Gasteiger partial charge in [0.15, 0.2) is 6.10 Å². The zero-order valence-electron chi connectivity index (χ0n) is 18.1. The molecule has 8 heteroatoms. The summed E-state index contributed by atoms with van der Waals surface area (Å²) in [6.07, 6.45) is 1.03. The van der Waals surface area contributed by atoms with E-state index in [0.29, 0.717) is 55.4 Å². The highest BCUT2D eigenvalue weighted by atomic mass is 35.5. The molecule has 0 aliphatic carbocycles. The Balaban J connectivity index is 1.43. The summed E-state index contributed by atoms with van der Waals surface area (Å²) in [5, 5.41) is 10.3. The van der Waals surface area contributed by atoms with Gasteiger partial charge in [-0.2, -0.15) is 5.26 Å². The van der Waals surface area contributed by atoms with Gasteiger partial charge in [-0.15, -0.1) is 0 Å². The maximum atomic E-state index is 13.2. The first-order chi connectivity index (χ1) is 15.3. The second kappa shape index (κ2) is 8.87. The number of hydrogen-bond acceptors (Lipinski definition) is 5. The van der Waals surface area contributed by atoms with Crippen LogP contribution in [0.1, 0.15) is 18.4 Å². The van der Waals surface area contributed by atoms with Crippen molar-refractivity contribution in [3.63, 3.8) is 0 Å². The predicted octanol–water partition coefficient (Wildman–Crippen LogP) is 4.06. The van der Waals surface area contributed by atoms with Crippen molar-refractivity contribution in [2.75, 3.05) is 38.7 Å². The molecule has 1 saturated heterocycles. The molecule has 2 aliphatic rings. The molecule has 0 bridgehead atoms. The fourth-order valence-electron chi connectivity index (χ4n) is 4.42. The van der Waals surface area contributed by atoms with Crippen molar-refractivity contribution in [2.45, 2.75) is 25.4 Å². The van der Waals surface area contributed by atoms with Crippen LogP contribution >= 0.6 is 11.6 Å². The van der Waals surface area contributed by atoms with Crippen LogP contribution in [0.15, 0.2) is 36.4 Å². The molecular weight excluding hydrogens is 433 g/mol. The first kappa shape index (κ1) is 22.2. The number of fused-ring (bicyclic) bond motifs is 1. The van der Waals surface area contributed by atoms with Crippen LogP contribution in [0.3, 0.4) is 0 Å². The lowest BCUT2D eigenvalue weighted by atomic mass is 9.75. The Kier molecular flexibility index (Phi) is 6.16. The molecule has 4 rings (SSSR count). The zero-order valence-corrected chi connectivity index (χ0v) is 18.9. The Morgan fingerprint density at radius 3 is 2.62 bits per heavy atom. The van der Waals surface area contributed by atoms with E-state index in [1.165, 1.54) is 19.2 Å². The van der Waals surface area contributed by atoms with Crippen molar-refractivity contribution in [3.8, 4) is 17.6 Å². The van der Waals surface area contributed by atoms with E-state index in [4.69, 9.17) is 21.1 Å². The smallest absolute Gasteiger partial charge is 0.265 e. The third kappa shape index (κ3) is 4.33. The fourth-order valence-corrected chi connectivity index (χ4v) is 4.65. The number of anilines is 1. The molecule has 0 saturated carbocycles. The van der Waals surface area contributed by atoms with Gasteiger partial charge in [0.25, 0.3) is 5.91 Å². The summed E-state index contributed by atoms with van der Waals surface area (Å²) < 4.78 is 24.5. The predicted molar refractivity (Wildman–Crippen MR) is 120 cm³/mol. The highest BCUT2D eigenvalue weighted by Crippen LogP contribution is 2.41. The largest absolute Gasteiger partial charge is 0.495 e. The molecule has 168 valence electrons. The summed E-state index contributed by atoms with van der Waals surface area (Å²) in [7, 11) is 3.42. The number of piperidine rings is 1. The molecular formula is C24H25ClFN3O3. The Morgan fingerprint density at radius 1 is 1.31 bits per heavy atom. The van der Waals surface area contributed by atoms with Gasteiger partial charge in [0.05, 0.1) is 35.8 Å². The van der Waals surface area contributed by atoms with Crippen molar-refractivity contribution in [1.82, 2.24) is 4.90 Å². The molecule has 6 nitrogen and oxygen atoms in total. The summed E-state index contributed by atoms with van der Waals surface area (Å²) in [6.45, 7) is 1.37. The summed E-state index contributed by atoms with van der Waals surface area (Å²) in [6, 6.07) is 12.2. The van der Waals surface area contributed by atoms with Crippen LogP contribution in [0.2, 0.25) is 5.02 Å². The molecule has 0 aromatic heterocycles. The Labute approximate surface area is 192 Å². The van der Waals surface area contributed by atoms with Gasteiger partial charge in [-0.25, -0.2) is 4.39 Å². The minimum absolute atomic E-state index is 0.0928. The SMILES string of the molecule is COc1cc2c(cc1Cl)N(C)CC(C(=O)N1CCC(C#N)(Cc3ccc(F)cc3)CC1)O2. The van der Waals surface area contributed by atoms with Crippen molar-refractivity contribution in [1.29, 1.82) is 5.26 Å². The van der Waals surface area contributed by atoms with Crippen LogP contribution in [0.5, 0.6) is 11.5 Å². The lowest BCUT2D eigenvalue weighted by molar-refractivity contribution is -0.140. The van der Waals surface area contributed by atoms with Crippen LogP contribution in [-0.4, -0.2) is 50.7 Å². The molecule has 0 spiro atoms. The Hall–Kier alpha value is -2.98. The monoisotopic (exact) mass is 457 g/mol. The normalized spacial score (nSPS) is 19.5. The average molecular weight is 458 g/mol. The number of amides is 1. The van der Waals surface area contributed by atoms with Gasteiger partial charge in [0, 0.05) is 26.2 Å². The van der Waals surface area contributed by atoms with E-state index in [2.05, 4.69) is 6.07 Å². The van der Waals surface area contributed by atoms with Crippen LogP contribution in [0.4, 0.5) is 10.1 Å². The van der Waals surface area contributed by atoms with Gasteiger partial charge in [-0.3, -0.25) is 4.79 Å². The first-order valence-electron chi connectivity index (χ1n) is 10.5. The lowest BCUT2D eigenvalue weighted by Gasteiger charge is -2.40. The van der Waals surface area contributed by atoms with E-state index in [1.807, 2.05) is 11.9 Å². The van der Waals surface area contributed by atoms with Crippen LogP contribution in [-0.2, 0) is 11.2 Å². The number of likely N-dealkylation sites (N-methyl/N-ethyl adjacent to an activating group) is 1. The minimum Gasteiger partial charge on any atom is -0.495 e. The Bertz CT molecular complexity index is 1050. The summed E-state index contributed by atoms with van der Waals surface area (Å²) >= 11 is 6.23. The third-order valence-corrected chi connectivity index (χ3v) is 6.65. The molecule has 1 amide bonds. The van der Waals surface area contributed by atoms with E-state index >= 15 is 0 Å². The molecule has 2 aromatic rings. The fraction of sp³-hybridized carbons (Fsp3) is 0.417. The second-order valence-electron chi connectivity index (χ2n) is 8.46. The molecule has 0 N–H and O–H groups in total. The number of methoxy groups -OCH3 is 1. The van der Waals surface area contributed by atoms with Gasteiger partial charge >= 0.3 is 0 Å².